The number of imide groups is 1. The molecule has 3 rings (SSSR count). The van der Waals surface area contributed by atoms with Crippen molar-refractivity contribution in [1.29, 1.82) is 0 Å². The van der Waals surface area contributed by atoms with Gasteiger partial charge in [-0.3, -0.25) is 14.3 Å². The summed E-state index contributed by atoms with van der Waals surface area (Å²) >= 11 is 0. The third-order valence-corrected chi connectivity index (χ3v) is 10.6. The van der Waals surface area contributed by atoms with Crippen LogP contribution in [0.1, 0.15) is 94.1 Å². The summed E-state index contributed by atoms with van der Waals surface area (Å²) < 4.78 is 37.6. The van der Waals surface area contributed by atoms with Crippen LogP contribution >= 0.6 is 7.37 Å². The summed E-state index contributed by atoms with van der Waals surface area (Å²) in [7, 11) is -3.56. The fourth-order valence-electron chi connectivity index (χ4n) is 5.42. The Hall–Kier alpha value is -2.95. The zero-order valence-electron chi connectivity index (χ0n) is 29.2. The van der Waals surface area contributed by atoms with E-state index in [1.807, 2.05) is 18.2 Å². The summed E-state index contributed by atoms with van der Waals surface area (Å²) in [5.41, 5.74) is 0.323. The number of nitrogens with one attached hydrogen (secondary N) is 1. The third kappa shape index (κ3) is 10.0. The maximum absolute atomic E-state index is 14.7. The third-order valence-electron chi connectivity index (χ3n) is 7.31. The molecular formula is C33H53N4O8P. The fourth-order valence-corrected chi connectivity index (χ4v) is 8.43. The number of ether oxygens (including phenoxy) is 3. The molecule has 2 unspecified atom stereocenters. The maximum Gasteiger partial charge on any atom is 0.419 e. The normalized spacial score (nSPS) is 21.2. The van der Waals surface area contributed by atoms with Gasteiger partial charge in [-0.2, -0.15) is 0 Å². The van der Waals surface area contributed by atoms with Crippen LogP contribution in [0.5, 0.6) is 0 Å². The van der Waals surface area contributed by atoms with Gasteiger partial charge in [0.1, 0.15) is 16.8 Å². The van der Waals surface area contributed by atoms with Crippen LogP contribution in [0.4, 0.5) is 9.59 Å². The molecule has 1 fully saturated rings. The number of benzene rings is 1. The number of fused-ring (bicyclic) bond motifs is 1. The molecule has 0 spiro atoms. The number of hydrogen-bond donors (Lipinski definition) is 1. The van der Waals surface area contributed by atoms with Crippen LogP contribution in [-0.4, -0.2) is 92.3 Å². The second-order valence-corrected chi connectivity index (χ2v) is 17.8. The van der Waals surface area contributed by atoms with Crippen LogP contribution in [0.15, 0.2) is 24.5 Å². The van der Waals surface area contributed by atoms with Gasteiger partial charge in [0.25, 0.3) is 0 Å². The number of carbonyl (C=O) groups is 3. The molecule has 2 amide bonds. The largest absolute Gasteiger partial charge is 0.459 e. The molecule has 2 aromatic rings. The predicted molar refractivity (Wildman–Crippen MR) is 177 cm³/mol. The van der Waals surface area contributed by atoms with Gasteiger partial charge in [-0.1, -0.05) is 6.07 Å². The standard InChI is InChI=1S/C33H53N4O8P/c1-11-42-46(41)19-18-36(21-24-14-15-25-26(20-24)35-23-34-25)22-33(46,27(38)43-30(2,3)4)16-12-13-17-37(28(39)44-31(5,6)7)29(40)45-32(8,9)10/h14-15,20,23H,11-13,16-19,21-22H2,1-10H3,(H,34,35). The summed E-state index contributed by atoms with van der Waals surface area (Å²) in [5, 5.41) is -1.45. The molecule has 13 heteroatoms. The lowest BCUT2D eigenvalue weighted by atomic mass is 9.98. The van der Waals surface area contributed by atoms with Gasteiger partial charge in [-0.15, -0.1) is 0 Å². The second kappa shape index (κ2) is 14.4. The molecule has 1 aromatic heterocycles. The summed E-state index contributed by atoms with van der Waals surface area (Å²) in [4.78, 5) is 50.7. The van der Waals surface area contributed by atoms with E-state index in [9.17, 15) is 18.9 Å². The van der Waals surface area contributed by atoms with Crippen molar-refractivity contribution in [3.8, 4) is 0 Å². The van der Waals surface area contributed by atoms with Gasteiger partial charge in [0.05, 0.1) is 24.0 Å². The molecule has 2 heterocycles. The highest BCUT2D eigenvalue weighted by atomic mass is 31.2. The van der Waals surface area contributed by atoms with Crippen molar-refractivity contribution >= 4 is 36.6 Å². The molecule has 1 aliphatic rings. The first-order valence-electron chi connectivity index (χ1n) is 16.0. The molecule has 12 nitrogen and oxygen atoms in total. The van der Waals surface area contributed by atoms with Gasteiger partial charge in [-0.25, -0.2) is 19.5 Å². The molecule has 0 bridgehead atoms. The number of unbranched alkanes of at least 4 members (excludes halogenated alkanes) is 1. The van der Waals surface area contributed by atoms with Crippen molar-refractivity contribution in [3.05, 3.63) is 30.1 Å². The smallest absolute Gasteiger partial charge is 0.419 e. The molecule has 1 aromatic carbocycles. The van der Waals surface area contributed by atoms with Crippen LogP contribution in [0.3, 0.4) is 0 Å². The van der Waals surface area contributed by atoms with Gasteiger partial charge in [0, 0.05) is 32.3 Å². The van der Waals surface area contributed by atoms with Crippen LogP contribution in [0.2, 0.25) is 0 Å². The number of rotatable bonds is 10. The monoisotopic (exact) mass is 664 g/mol. The first-order chi connectivity index (χ1) is 21.2. The average molecular weight is 665 g/mol. The van der Waals surface area contributed by atoms with Crippen molar-refractivity contribution in [2.45, 2.75) is 117 Å². The van der Waals surface area contributed by atoms with Crippen LogP contribution in [0, 0.1) is 0 Å². The number of hydrogen-bond acceptors (Lipinski definition) is 10. The number of carbonyl (C=O) groups excluding carboxylic acids is 3. The lowest BCUT2D eigenvalue weighted by molar-refractivity contribution is -0.160. The van der Waals surface area contributed by atoms with Gasteiger partial charge in [-0.05, 0) is 106 Å². The van der Waals surface area contributed by atoms with E-state index in [1.54, 1.807) is 75.6 Å². The Labute approximate surface area is 273 Å². The number of imidazole rings is 1. The average Bonchev–Trinajstić information content (AvgIpc) is 3.35. The van der Waals surface area contributed by atoms with Crippen molar-refractivity contribution in [1.82, 2.24) is 19.8 Å². The van der Waals surface area contributed by atoms with Crippen LogP contribution in [-0.2, 0) is 34.6 Å². The SMILES string of the molecule is CCOP1(=O)CCN(Cc2ccc3nc[nH]c3c2)CC1(CCCCN(C(=O)OC(C)(C)C)C(=O)OC(C)(C)C)C(=O)OC(C)(C)C. The molecule has 46 heavy (non-hydrogen) atoms. The van der Waals surface area contributed by atoms with E-state index in [0.29, 0.717) is 25.9 Å². The van der Waals surface area contributed by atoms with Crippen molar-refractivity contribution in [3.63, 3.8) is 0 Å². The van der Waals surface area contributed by atoms with Gasteiger partial charge >= 0.3 is 18.2 Å². The van der Waals surface area contributed by atoms with E-state index in [-0.39, 0.29) is 32.3 Å². The lowest BCUT2D eigenvalue weighted by Gasteiger charge is -2.46. The van der Waals surface area contributed by atoms with E-state index >= 15 is 0 Å². The highest BCUT2D eigenvalue weighted by Gasteiger charge is 2.59. The van der Waals surface area contributed by atoms with Gasteiger partial charge in [0.2, 0.25) is 7.37 Å². The Balaban J connectivity index is 1.89. The van der Waals surface area contributed by atoms with E-state index in [1.165, 1.54) is 0 Å². The summed E-state index contributed by atoms with van der Waals surface area (Å²) in [6, 6.07) is 5.96. The Kier molecular flexibility index (Phi) is 11.8. The maximum atomic E-state index is 14.7. The Morgan fingerprint density at radius 3 is 2.13 bits per heavy atom. The molecular weight excluding hydrogens is 611 g/mol. The van der Waals surface area contributed by atoms with Crippen molar-refractivity contribution < 1.29 is 37.7 Å². The van der Waals surface area contributed by atoms with E-state index in [4.69, 9.17) is 18.7 Å². The van der Waals surface area contributed by atoms with Crippen LogP contribution in [0.25, 0.3) is 11.0 Å². The fraction of sp³-hybridized carbons (Fsp3) is 0.697. The van der Waals surface area contributed by atoms with Gasteiger partial charge in [0.15, 0.2) is 5.16 Å². The van der Waals surface area contributed by atoms with Gasteiger partial charge < -0.3 is 23.7 Å². The molecule has 1 N–H and O–H groups in total. The topological polar surface area (TPSA) is 140 Å². The molecule has 0 aliphatic carbocycles. The Morgan fingerprint density at radius 1 is 0.957 bits per heavy atom. The minimum atomic E-state index is -3.56. The molecule has 0 saturated carbocycles. The molecule has 1 aliphatic heterocycles. The molecule has 1 saturated heterocycles. The minimum absolute atomic E-state index is 0.0128. The summed E-state index contributed by atoms with van der Waals surface area (Å²) in [5.74, 6) is -0.568. The summed E-state index contributed by atoms with van der Waals surface area (Å²) in [6.45, 7) is 18.8. The lowest BCUT2D eigenvalue weighted by Crippen LogP contribution is -2.56. The number of aromatic amines is 1. The number of esters is 1. The van der Waals surface area contributed by atoms with E-state index in [0.717, 1.165) is 21.5 Å². The second-order valence-electron chi connectivity index (χ2n) is 14.9. The van der Waals surface area contributed by atoms with Crippen molar-refractivity contribution in [2.24, 2.45) is 0 Å². The highest BCUT2D eigenvalue weighted by Crippen LogP contribution is 2.64. The quantitative estimate of drug-likeness (QED) is 0.121. The zero-order chi connectivity index (χ0) is 34.6. The van der Waals surface area contributed by atoms with Crippen molar-refractivity contribution in [2.75, 3.05) is 32.4 Å². The molecule has 258 valence electrons. The molecule has 0 radical (unpaired) electrons. The van der Waals surface area contributed by atoms with E-state index in [2.05, 4.69) is 14.9 Å². The molecule has 2 atom stereocenters. The van der Waals surface area contributed by atoms with Crippen LogP contribution < -0.4 is 0 Å². The van der Waals surface area contributed by atoms with E-state index < -0.39 is 47.5 Å². The number of amides is 2. The highest BCUT2D eigenvalue weighted by molar-refractivity contribution is 7.62. The number of aromatic nitrogens is 2. The Morgan fingerprint density at radius 2 is 1.57 bits per heavy atom. The number of H-pyrrole nitrogens is 1. The predicted octanol–water partition coefficient (Wildman–Crippen LogP) is 7.12. The zero-order valence-corrected chi connectivity index (χ0v) is 30.1. The first kappa shape index (κ1) is 37.5. The number of nitrogens with zero attached hydrogens (tertiary/aromatic N) is 3. The first-order valence-corrected chi connectivity index (χ1v) is 17.8. The Bertz CT molecular complexity index is 1390. The minimum Gasteiger partial charge on any atom is -0.459 e. The summed E-state index contributed by atoms with van der Waals surface area (Å²) in [6.07, 6.45) is 1.04.